The summed E-state index contributed by atoms with van der Waals surface area (Å²) in [5.74, 6) is -6.34. The number of carbonyl (C=O) groups excluding carboxylic acids is 1. The molecule has 37 heavy (non-hydrogen) atoms. The molecular weight excluding hydrogens is 560 g/mol. The molecule has 1 unspecified atom stereocenters. The van der Waals surface area contributed by atoms with Crippen molar-refractivity contribution in [1.82, 2.24) is 15.3 Å². The molecule has 1 heterocycles. The molecule has 3 atom stereocenters. The second kappa shape index (κ2) is 10.7. The van der Waals surface area contributed by atoms with Crippen molar-refractivity contribution in [3.63, 3.8) is 0 Å². The number of halogens is 5. The van der Waals surface area contributed by atoms with Crippen molar-refractivity contribution in [2.45, 2.75) is 43.2 Å². The fourth-order valence-corrected chi connectivity index (χ4v) is 4.79. The van der Waals surface area contributed by atoms with Crippen molar-refractivity contribution in [1.29, 1.82) is 0 Å². The molecule has 1 aliphatic carbocycles. The Kier molecular flexibility index (Phi) is 7.81. The summed E-state index contributed by atoms with van der Waals surface area (Å²) in [7, 11) is 0. The third-order valence-corrected chi connectivity index (χ3v) is 6.75. The van der Waals surface area contributed by atoms with Crippen molar-refractivity contribution in [3.8, 4) is 11.3 Å². The molecule has 1 saturated carbocycles. The van der Waals surface area contributed by atoms with Crippen molar-refractivity contribution >= 4 is 27.7 Å². The fraction of sp³-hybridized carbons (Fsp3) is 0.320. The van der Waals surface area contributed by atoms with Gasteiger partial charge in [0.15, 0.2) is 0 Å². The first kappa shape index (κ1) is 27.0. The van der Waals surface area contributed by atoms with E-state index in [0.29, 0.717) is 4.47 Å². The quantitative estimate of drug-likeness (QED) is 0.318. The van der Waals surface area contributed by atoms with Crippen LogP contribution in [0, 0.1) is 11.6 Å². The highest BCUT2D eigenvalue weighted by Crippen LogP contribution is 2.42. The van der Waals surface area contributed by atoms with E-state index in [1.165, 1.54) is 30.5 Å². The van der Waals surface area contributed by atoms with Crippen LogP contribution in [0.2, 0.25) is 0 Å². The van der Waals surface area contributed by atoms with Crippen LogP contribution in [0.3, 0.4) is 0 Å². The molecule has 196 valence electrons. The number of aliphatic hydroxyl groups is 2. The molecular formula is C25H23BrF4N4O3. The summed E-state index contributed by atoms with van der Waals surface area (Å²) < 4.78 is 57.2. The summed E-state index contributed by atoms with van der Waals surface area (Å²) >= 11 is 3.14. The van der Waals surface area contributed by atoms with Gasteiger partial charge in [-0.05, 0) is 48.7 Å². The molecule has 2 aromatic carbocycles. The van der Waals surface area contributed by atoms with Gasteiger partial charge in [-0.25, -0.2) is 27.5 Å². The number of aliphatic hydroxyl groups excluding tert-OH is 2. The third kappa shape index (κ3) is 5.91. The second-order valence-corrected chi connectivity index (χ2v) is 9.81. The van der Waals surface area contributed by atoms with Gasteiger partial charge in [-0.3, -0.25) is 4.79 Å². The summed E-state index contributed by atoms with van der Waals surface area (Å²) in [5, 5.41) is 21.7. The van der Waals surface area contributed by atoms with Crippen LogP contribution in [0.25, 0.3) is 11.3 Å². The second-order valence-electron chi connectivity index (χ2n) is 8.89. The minimum absolute atomic E-state index is 0.0556. The normalized spacial score (nSPS) is 19.9. The highest BCUT2D eigenvalue weighted by Gasteiger charge is 2.45. The van der Waals surface area contributed by atoms with Gasteiger partial charge in [0.2, 0.25) is 0 Å². The van der Waals surface area contributed by atoms with E-state index in [-0.39, 0.29) is 46.7 Å². The average Bonchev–Trinajstić information content (AvgIpc) is 2.83. The van der Waals surface area contributed by atoms with Crippen LogP contribution >= 0.6 is 15.9 Å². The molecule has 4 rings (SSSR count). The number of carbonyl (C=O) groups is 1. The molecule has 5 N–H and O–H groups in total. The van der Waals surface area contributed by atoms with Gasteiger partial charge in [-0.2, -0.15) is 0 Å². The van der Waals surface area contributed by atoms with Crippen molar-refractivity contribution in [2.75, 3.05) is 12.3 Å². The number of rotatable bonds is 6. The largest absolute Gasteiger partial charge is 0.394 e. The number of hydrogen-bond acceptors (Lipinski definition) is 6. The molecule has 1 aromatic heterocycles. The van der Waals surface area contributed by atoms with Crippen molar-refractivity contribution in [3.05, 3.63) is 75.5 Å². The maximum atomic E-state index is 15.0. The van der Waals surface area contributed by atoms with Crippen LogP contribution < -0.4 is 11.1 Å². The Balaban J connectivity index is 1.57. The molecule has 12 heteroatoms. The minimum atomic E-state index is -3.26. The first-order chi connectivity index (χ1) is 17.5. The van der Waals surface area contributed by atoms with Crippen LogP contribution in [0.4, 0.5) is 23.4 Å². The summed E-state index contributed by atoms with van der Waals surface area (Å²) in [6.07, 6.45) is -0.858. The number of alkyl halides is 2. The van der Waals surface area contributed by atoms with Crippen LogP contribution in [0.15, 0.2) is 47.1 Å². The third-order valence-electron chi connectivity index (χ3n) is 6.29. The van der Waals surface area contributed by atoms with Crippen LogP contribution in [-0.2, 0) is 0 Å². The number of hydrogen-bond donors (Lipinski definition) is 4. The molecule has 0 aliphatic heterocycles. The lowest BCUT2D eigenvalue weighted by Crippen LogP contribution is -2.39. The van der Waals surface area contributed by atoms with Gasteiger partial charge < -0.3 is 21.3 Å². The highest BCUT2D eigenvalue weighted by molar-refractivity contribution is 9.10. The van der Waals surface area contributed by atoms with E-state index in [1.54, 1.807) is 0 Å². The summed E-state index contributed by atoms with van der Waals surface area (Å²) in [6.45, 7) is -0.558. The summed E-state index contributed by atoms with van der Waals surface area (Å²) in [6, 6.07) is 6.46. The standard InChI is InChI=1S/C25H23BrF4N4O3/c26-15-5-14(6-16(27)8-15)20(11-35)34-24(37)17-3-1-12(7-18(17)28)22-23(31)32-10-19(33-22)13-2-4-21(36)25(29,30)9-13/h1,3,5-8,10,13,20-21,35-36H,2,4,9,11H2,(H2,31,32)(H,34,37)/t13-,20?,21-/m1/s1. The first-order valence-corrected chi connectivity index (χ1v) is 12.1. The SMILES string of the molecule is Nc1ncc([C@@H]2CC[C@@H](O)C(F)(F)C2)nc1-c1ccc(C(=O)NC(CO)c2cc(F)cc(Br)c2)c(F)c1. The molecule has 1 fully saturated rings. The maximum Gasteiger partial charge on any atom is 0.274 e. The van der Waals surface area contributed by atoms with Crippen LogP contribution in [-0.4, -0.2) is 44.7 Å². The molecule has 1 aliphatic rings. The van der Waals surface area contributed by atoms with E-state index in [0.717, 1.165) is 12.1 Å². The number of nitrogens with one attached hydrogen (secondary N) is 1. The average molecular weight is 583 g/mol. The summed E-state index contributed by atoms with van der Waals surface area (Å²) in [4.78, 5) is 21.1. The molecule has 0 bridgehead atoms. The lowest BCUT2D eigenvalue weighted by atomic mass is 9.83. The van der Waals surface area contributed by atoms with Crippen LogP contribution in [0.5, 0.6) is 0 Å². The van der Waals surface area contributed by atoms with Crippen molar-refractivity contribution in [2.24, 2.45) is 0 Å². The van der Waals surface area contributed by atoms with E-state index < -0.39 is 54.6 Å². The Bertz CT molecular complexity index is 1310. The Hall–Kier alpha value is -3.09. The van der Waals surface area contributed by atoms with Crippen LogP contribution in [0.1, 0.15) is 52.8 Å². The summed E-state index contributed by atoms with van der Waals surface area (Å²) in [5.41, 5.74) is 6.34. The van der Waals surface area contributed by atoms with E-state index >= 15 is 0 Å². The Morgan fingerprint density at radius 3 is 2.62 bits per heavy atom. The Morgan fingerprint density at radius 1 is 1.22 bits per heavy atom. The predicted molar refractivity (Wildman–Crippen MR) is 131 cm³/mol. The smallest absolute Gasteiger partial charge is 0.274 e. The fourth-order valence-electron chi connectivity index (χ4n) is 4.30. The topological polar surface area (TPSA) is 121 Å². The van der Waals surface area contributed by atoms with Gasteiger partial charge in [0, 0.05) is 22.4 Å². The van der Waals surface area contributed by atoms with Gasteiger partial charge in [-0.1, -0.05) is 22.0 Å². The number of nitrogen functional groups attached to an aromatic ring is 1. The number of amides is 1. The Labute approximate surface area is 217 Å². The minimum Gasteiger partial charge on any atom is -0.394 e. The predicted octanol–water partition coefficient (Wildman–Crippen LogP) is 4.49. The van der Waals surface area contributed by atoms with E-state index in [9.17, 15) is 32.6 Å². The zero-order valence-corrected chi connectivity index (χ0v) is 20.9. The Morgan fingerprint density at radius 2 is 1.97 bits per heavy atom. The molecule has 1 amide bonds. The van der Waals surface area contributed by atoms with Gasteiger partial charge in [0.25, 0.3) is 11.8 Å². The van der Waals surface area contributed by atoms with E-state index in [4.69, 9.17) is 5.73 Å². The molecule has 0 radical (unpaired) electrons. The number of nitrogens with zero attached hydrogens (tertiary/aromatic N) is 2. The maximum absolute atomic E-state index is 15.0. The molecule has 3 aromatic rings. The lowest BCUT2D eigenvalue weighted by molar-refractivity contribution is -0.136. The lowest BCUT2D eigenvalue weighted by Gasteiger charge is -2.32. The van der Waals surface area contributed by atoms with Crippen molar-refractivity contribution < 1.29 is 32.6 Å². The molecule has 0 saturated heterocycles. The monoisotopic (exact) mass is 582 g/mol. The molecule has 7 nitrogen and oxygen atoms in total. The zero-order chi connectivity index (χ0) is 26.9. The van der Waals surface area contributed by atoms with Gasteiger partial charge in [0.05, 0.1) is 30.1 Å². The number of anilines is 1. The first-order valence-electron chi connectivity index (χ1n) is 11.3. The number of benzene rings is 2. The van der Waals surface area contributed by atoms with Gasteiger partial charge in [-0.15, -0.1) is 0 Å². The number of nitrogens with two attached hydrogens (primary N) is 1. The number of aromatic nitrogens is 2. The van der Waals surface area contributed by atoms with Gasteiger partial charge >= 0.3 is 0 Å². The molecule has 0 spiro atoms. The highest BCUT2D eigenvalue weighted by atomic mass is 79.9. The van der Waals surface area contributed by atoms with E-state index in [2.05, 4.69) is 31.2 Å². The van der Waals surface area contributed by atoms with Gasteiger partial charge in [0.1, 0.15) is 29.3 Å². The van der Waals surface area contributed by atoms with E-state index in [1.807, 2.05) is 0 Å². The zero-order valence-electron chi connectivity index (χ0n) is 19.3.